The molecule has 4 amide bonds. The summed E-state index contributed by atoms with van der Waals surface area (Å²) in [6.07, 6.45) is 1.37. The summed E-state index contributed by atoms with van der Waals surface area (Å²) in [4.78, 5) is 50.9. The fourth-order valence-corrected chi connectivity index (χ4v) is 3.82. The number of likely N-dealkylation sites (N-methyl/N-ethyl adjacent to an activating group) is 1. The molecule has 0 spiro atoms. The minimum absolute atomic E-state index is 0.196. The van der Waals surface area contributed by atoms with Crippen LogP contribution in [-0.2, 0) is 9.59 Å². The lowest BCUT2D eigenvalue weighted by molar-refractivity contribution is -0.137. The molecule has 0 bridgehead atoms. The van der Waals surface area contributed by atoms with Gasteiger partial charge in [0.2, 0.25) is 11.8 Å². The third-order valence-electron chi connectivity index (χ3n) is 4.65. The standard InChI is InChI=1S/C20H22N4O4S/c1-21-19(27)15-7-3-9-24(15)17(25)12-22-18(26)13-5-2-6-14(11-13)23-20(28)16-8-4-10-29-16/h2,4-6,8,10-11,15H,3,7,9,12H2,1H3,(H,21,27)(H,22,26)(H,23,28). The number of nitrogens with zero attached hydrogens (tertiary/aromatic N) is 1. The highest BCUT2D eigenvalue weighted by atomic mass is 32.1. The largest absolute Gasteiger partial charge is 0.357 e. The molecule has 0 saturated carbocycles. The number of hydrogen-bond acceptors (Lipinski definition) is 5. The molecule has 1 fully saturated rings. The molecular formula is C20H22N4O4S. The maximum atomic E-state index is 12.4. The third-order valence-corrected chi connectivity index (χ3v) is 5.52. The molecule has 1 unspecified atom stereocenters. The molecule has 8 nitrogen and oxygen atoms in total. The number of thiophene rings is 1. The van der Waals surface area contributed by atoms with Crippen molar-refractivity contribution < 1.29 is 19.2 Å². The fourth-order valence-electron chi connectivity index (χ4n) is 3.20. The van der Waals surface area contributed by atoms with Crippen LogP contribution in [0.3, 0.4) is 0 Å². The fraction of sp³-hybridized carbons (Fsp3) is 0.300. The van der Waals surface area contributed by atoms with Gasteiger partial charge in [-0.25, -0.2) is 0 Å². The van der Waals surface area contributed by atoms with Crippen molar-refractivity contribution in [3.05, 3.63) is 52.2 Å². The van der Waals surface area contributed by atoms with Gasteiger partial charge in [-0.2, -0.15) is 0 Å². The van der Waals surface area contributed by atoms with Crippen molar-refractivity contribution in [2.45, 2.75) is 18.9 Å². The molecule has 3 N–H and O–H groups in total. The highest BCUT2D eigenvalue weighted by Gasteiger charge is 2.33. The van der Waals surface area contributed by atoms with Crippen molar-refractivity contribution in [2.24, 2.45) is 0 Å². The van der Waals surface area contributed by atoms with Gasteiger partial charge in [-0.1, -0.05) is 12.1 Å². The third kappa shape index (κ3) is 5.00. The average molecular weight is 414 g/mol. The number of hydrogen-bond donors (Lipinski definition) is 3. The number of anilines is 1. The lowest BCUT2D eigenvalue weighted by Gasteiger charge is -2.23. The van der Waals surface area contributed by atoms with Gasteiger partial charge in [0.25, 0.3) is 11.8 Å². The number of amides is 4. The van der Waals surface area contributed by atoms with Crippen LogP contribution in [0.2, 0.25) is 0 Å². The highest BCUT2D eigenvalue weighted by molar-refractivity contribution is 7.12. The summed E-state index contributed by atoms with van der Waals surface area (Å²) in [7, 11) is 1.54. The van der Waals surface area contributed by atoms with Gasteiger partial charge in [-0.15, -0.1) is 11.3 Å². The van der Waals surface area contributed by atoms with E-state index < -0.39 is 11.9 Å². The zero-order chi connectivity index (χ0) is 20.8. The van der Waals surface area contributed by atoms with Crippen molar-refractivity contribution in [2.75, 3.05) is 25.5 Å². The number of carbonyl (C=O) groups is 4. The summed E-state index contributed by atoms with van der Waals surface area (Å²) in [5.41, 5.74) is 0.813. The summed E-state index contributed by atoms with van der Waals surface area (Å²) < 4.78 is 0. The maximum Gasteiger partial charge on any atom is 0.265 e. The minimum Gasteiger partial charge on any atom is -0.357 e. The predicted octanol–water partition coefficient (Wildman–Crippen LogP) is 1.47. The van der Waals surface area contributed by atoms with Crippen LogP contribution in [0, 0.1) is 0 Å². The van der Waals surface area contributed by atoms with E-state index in [1.165, 1.54) is 23.3 Å². The van der Waals surface area contributed by atoms with Crippen LogP contribution >= 0.6 is 11.3 Å². The Kier molecular flexibility index (Phi) is 6.61. The highest BCUT2D eigenvalue weighted by Crippen LogP contribution is 2.18. The SMILES string of the molecule is CNC(=O)C1CCCN1C(=O)CNC(=O)c1cccc(NC(=O)c2cccs2)c1. The van der Waals surface area contributed by atoms with Gasteiger partial charge in [0.1, 0.15) is 6.04 Å². The number of carbonyl (C=O) groups excluding carboxylic acids is 4. The van der Waals surface area contributed by atoms with Crippen molar-refractivity contribution in [3.63, 3.8) is 0 Å². The number of nitrogens with one attached hydrogen (secondary N) is 3. The monoisotopic (exact) mass is 414 g/mol. The molecule has 2 heterocycles. The van der Waals surface area contributed by atoms with E-state index in [1.54, 1.807) is 36.4 Å². The van der Waals surface area contributed by atoms with Crippen LogP contribution in [0.4, 0.5) is 5.69 Å². The zero-order valence-electron chi connectivity index (χ0n) is 15.9. The molecular weight excluding hydrogens is 392 g/mol. The second-order valence-corrected chi connectivity index (χ2v) is 7.50. The first-order valence-corrected chi connectivity index (χ1v) is 10.1. The van der Waals surface area contributed by atoms with E-state index in [1.807, 2.05) is 5.38 Å². The minimum atomic E-state index is -0.486. The zero-order valence-corrected chi connectivity index (χ0v) is 16.8. The first kappa shape index (κ1) is 20.5. The summed E-state index contributed by atoms with van der Waals surface area (Å²) in [6.45, 7) is 0.301. The normalized spacial score (nSPS) is 15.6. The Morgan fingerprint density at radius 1 is 1.14 bits per heavy atom. The summed E-state index contributed by atoms with van der Waals surface area (Å²) >= 11 is 1.33. The van der Waals surface area contributed by atoms with Gasteiger partial charge in [0, 0.05) is 24.8 Å². The predicted molar refractivity (Wildman–Crippen MR) is 110 cm³/mol. The smallest absolute Gasteiger partial charge is 0.265 e. The summed E-state index contributed by atoms with van der Waals surface area (Å²) in [6, 6.07) is 9.51. The quantitative estimate of drug-likeness (QED) is 0.665. The molecule has 9 heteroatoms. The van der Waals surface area contributed by atoms with E-state index in [4.69, 9.17) is 0 Å². The summed E-state index contributed by atoms with van der Waals surface area (Å²) in [5.74, 6) is -1.17. The molecule has 1 aromatic carbocycles. The van der Waals surface area contributed by atoms with Gasteiger partial charge in [-0.3, -0.25) is 19.2 Å². The molecule has 0 radical (unpaired) electrons. The Bertz CT molecular complexity index is 913. The first-order valence-electron chi connectivity index (χ1n) is 9.24. The Morgan fingerprint density at radius 2 is 1.97 bits per heavy atom. The molecule has 2 aromatic rings. The number of benzene rings is 1. The second kappa shape index (κ2) is 9.33. The molecule has 1 aromatic heterocycles. The molecule has 152 valence electrons. The lowest BCUT2D eigenvalue weighted by atomic mass is 10.2. The molecule has 1 aliphatic heterocycles. The van der Waals surface area contributed by atoms with Gasteiger partial charge < -0.3 is 20.9 Å². The molecule has 1 aliphatic rings. The molecule has 1 saturated heterocycles. The van der Waals surface area contributed by atoms with Crippen LogP contribution < -0.4 is 16.0 Å². The summed E-state index contributed by atoms with van der Waals surface area (Å²) in [5, 5.41) is 9.71. The van der Waals surface area contributed by atoms with Crippen LogP contribution in [0.5, 0.6) is 0 Å². The van der Waals surface area contributed by atoms with E-state index in [2.05, 4.69) is 16.0 Å². The van der Waals surface area contributed by atoms with Crippen LogP contribution in [0.25, 0.3) is 0 Å². The average Bonchev–Trinajstić information content (AvgIpc) is 3.43. The van der Waals surface area contributed by atoms with Crippen LogP contribution in [0.15, 0.2) is 41.8 Å². The Balaban J connectivity index is 1.57. The second-order valence-electron chi connectivity index (χ2n) is 6.55. The van der Waals surface area contributed by atoms with Crippen molar-refractivity contribution >= 4 is 40.7 Å². The van der Waals surface area contributed by atoms with Crippen molar-refractivity contribution in [3.8, 4) is 0 Å². The van der Waals surface area contributed by atoms with E-state index in [0.29, 0.717) is 29.1 Å². The van der Waals surface area contributed by atoms with Gasteiger partial charge in [0.15, 0.2) is 0 Å². The van der Waals surface area contributed by atoms with E-state index >= 15 is 0 Å². The van der Waals surface area contributed by atoms with Gasteiger partial charge in [0.05, 0.1) is 11.4 Å². The van der Waals surface area contributed by atoms with Crippen LogP contribution in [-0.4, -0.2) is 54.7 Å². The maximum absolute atomic E-state index is 12.4. The topological polar surface area (TPSA) is 108 Å². The van der Waals surface area contributed by atoms with Crippen LogP contribution in [0.1, 0.15) is 32.9 Å². The van der Waals surface area contributed by atoms with Crippen molar-refractivity contribution in [1.29, 1.82) is 0 Å². The Morgan fingerprint density at radius 3 is 2.69 bits per heavy atom. The Labute approximate surface area is 172 Å². The first-order chi connectivity index (χ1) is 14.0. The van der Waals surface area contributed by atoms with E-state index in [-0.39, 0.29) is 24.3 Å². The lowest BCUT2D eigenvalue weighted by Crippen LogP contribution is -2.48. The number of likely N-dealkylation sites (tertiary alicyclic amines) is 1. The molecule has 1 atom stereocenters. The molecule has 29 heavy (non-hydrogen) atoms. The molecule has 0 aliphatic carbocycles. The van der Waals surface area contributed by atoms with Gasteiger partial charge >= 0.3 is 0 Å². The molecule has 3 rings (SSSR count). The van der Waals surface area contributed by atoms with Crippen molar-refractivity contribution in [1.82, 2.24) is 15.5 Å². The Hall–Kier alpha value is -3.20. The van der Waals surface area contributed by atoms with E-state index in [0.717, 1.165) is 6.42 Å². The van der Waals surface area contributed by atoms with Gasteiger partial charge in [-0.05, 0) is 42.5 Å². The number of rotatable bonds is 6. The van der Waals surface area contributed by atoms with E-state index in [9.17, 15) is 19.2 Å².